The zero-order valence-electron chi connectivity index (χ0n) is 7.14. The molecule has 0 fully saturated rings. The van der Waals surface area contributed by atoms with Crippen molar-refractivity contribution in [3.63, 3.8) is 0 Å². The molecule has 0 radical (unpaired) electrons. The minimum Gasteiger partial charge on any atom is -0.330 e. The first kappa shape index (κ1) is 9.36. The molecule has 0 saturated heterocycles. The third-order valence-electron chi connectivity index (χ3n) is 1.42. The van der Waals surface area contributed by atoms with Crippen LogP contribution < -0.4 is 5.73 Å². The Balaban J connectivity index is 2.65. The molecule has 0 aliphatic rings. The third kappa shape index (κ3) is 3.01. The van der Waals surface area contributed by atoms with Crippen LogP contribution in [0.3, 0.4) is 0 Å². The summed E-state index contributed by atoms with van der Waals surface area (Å²) < 4.78 is 0. The Morgan fingerprint density at radius 3 is 2.69 bits per heavy atom. The highest BCUT2D eigenvalue weighted by molar-refractivity contribution is 5.46. The largest absolute Gasteiger partial charge is 0.330 e. The summed E-state index contributed by atoms with van der Waals surface area (Å²) >= 11 is 0. The van der Waals surface area contributed by atoms with Gasteiger partial charge in [-0.25, -0.2) is 9.97 Å². The topological polar surface area (TPSA) is 75.6 Å². The van der Waals surface area contributed by atoms with Gasteiger partial charge in [0, 0.05) is 18.0 Å². The summed E-state index contributed by atoms with van der Waals surface area (Å²) in [7, 11) is 0. The summed E-state index contributed by atoms with van der Waals surface area (Å²) in [4.78, 5) is 7.64. The van der Waals surface area contributed by atoms with Crippen LogP contribution in [0.15, 0.2) is 18.5 Å². The van der Waals surface area contributed by atoms with Crippen molar-refractivity contribution in [2.45, 2.75) is 6.42 Å². The lowest BCUT2D eigenvalue weighted by molar-refractivity contribution is 1.01. The lowest BCUT2D eigenvalue weighted by Crippen LogP contribution is -1.95. The maximum absolute atomic E-state index is 8.43. The Kier molecular flexibility index (Phi) is 3.61. The molecule has 66 valence electrons. The van der Waals surface area contributed by atoms with Gasteiger partial charge >= 0.3 is 0 Å². The van der Waals surface area contributed by atoms with Gasteiger partial charge in [-0.3, -0.25) is 0 Å². The van der Waals surface area contributed by atoms with Gasteiger partial charge in [-0.2, -0.15) is 5.26 Å². The Morgan fingerprint density at radius 2 is 2.15 bits per heavy atom. The minimum atomic E-state index is 0.191. The molecular weight excluding hydrogens is 164 g/mol. The van der Waals surface area contributed by atoms with Gasteiger partial charge < -0.3 is 5.73 Å². The van der Waals surface area contributed by atoms with Gasteiger partial charge in [0.2, 0.25) is 5.82 Å². The Labute approximate surface area is 76.7 Å². The van der Waals surface area contributed by atoms with E-state index in [1.165, 1.54) is 0 Å². The molecule has 0 aliphatic heterocycles. The van der Waals surface area contributed by atoms with E-state index in [1.807, 2.05) is 18.2 Å². The highest BCUT2D eigenvalue weighted by Crippen LogP contribution is 1.98. The van der Waals surface area contributed by atoms with Gasteiger partial charge in [0.25, 0.3) is 0 Å². The standard InChI is InChI=1S/C9H10N4/c10-4-2-1-3-8-6-12-9(5-11)13-7-8/h1,3,6-7H,2,4,10H2. The van der Waals surface area contributed by atoms with Crippen molar-refractivity contribution in [1.29, 1.82) is 5.26 Å². The second kappa shape index (κ2) is 5.01. The molecule has 1 aromatic rings. The van der Waals surface area contributed by atoms with E-state index in [2.05, 4.69) is 9.97 Å². The molecule has 0 saturated carbocycles. The maximum atomic E-state index is 8.43. The van der Waals surface area contributed by atoms with E-state index in [4.69, 9.17) is 11.0 Å². The molecule has 1 heterocycles. The SMILES string of the molecule is N#Cc1ncc(C=CCCN)cn1. The van der Waals surface area contributed by atoms with Crippen LogP contribution in [0.1, 0.15) is 17.8 Å². The van der Waals surface area contributed by atoms with Crippen LogP contribution in [-0.2, 0) is 0 Å². The number of hydrogen-bond donors (Lipinski definition) is 1. The quantitative estimate of drug-likeness (QED) is 0.732. The van der Waals surface area contributed by atoms with Gasteiger partial charge in [0.1, 0.15) is 6.07 Å². The summed E-state index contributed by atoms with van der Waals surface area (Å²) in [6.07, 6.45) is 7.88. The molecule has 2 N–H and O–H groups in total. The predicted molar refractivity (Wildman–Crippen MR) is 49.5 cm³/mol. The first-order valence-electron chi connectivity index (χ1n) is 3.95. The van der Waals surface area contributed by atoms with E-state index in [-0.39, 0.29) is 5.82 Å². The van der Waals surface area contributed by atoms with Crippen LogP contribution in [0.5, 0.6) is 0 Å². The molecule has 0 unspecified atom stereocenters. The van der Waals surface area contributed by atoms with Crippen molar-refractivity contribution in [2.24, 2.45) is 5.73 Å². The van der Waals surface area contributed by atoms with Crippen molar-refractivity contribution in [2.75, 3.05) is 6.54 Å². The number of aromatic nitrogens is 2. The van der Waals surface area contributed by atoms with Crippen molar-refractivity contribution < 1.29 is 0 Å². The van der Waals surface area contributed by atoms with Crippen LogP contribution in [0.4, 0.5) is 0 Å². The smallest absolute Gasteiger partial charge is 0.232 e. The molecule has 1 aromatic heterocycles. The second-order valence-electron chi connectivity index (χ2n) is 2.43. The molecule has 0 aromatic carbocycles. The summed E-state index contributed by atoms with van der Waals surface area (Å²) in [6.45, 7) is 0.633. The Bertz CT molecular complexity index is 320. The zero-order valence-corrected chi connectivity index (χ0v) is 7.14. The van der Waals surface area contributed by atoms with Gasteiger partial charge in [-0.05, 0) is 13.0 Å². The monoisotopic (exact) mass is 174 g/mol. The van der Waals surface area contributed by atoms with Crippen molar-refractivity contribution in [3.05, 3.63) is 29.9 Å². The molecular formula is C9H10N4. The lowest BCUT2D eigenvalue weighted by atomic mass is 10.3. The van der Waals surface area contributed by atoms with Gasteiger partial charge in [0.05, 0.1) is 0 Å². The van der Waals surface area contributed by atoms with E-state index in [0.29, 0.717) is 6.54 Å². The highest BCUT2D eigenvalue weighted by atomic mass is 14.9. The van der Waals surface area contributed by atoms with E-state index in [9.17, 15) is 0 Å². The number of hydrogen-bond acceptors (Lipinski definition) is 4. The van der Waals surface area contributed by atoms with E-state index in [0.717, 1.165) is 12.0 Å². The first-order chi connectivity index (χ1) is 6.36. The predicted octanol–water partition coefficient (Wildman–Crippen LogP) is 0.710. The molecule has 0 amide bonds. The fraction of sp³-hybridized carbons (Fsp3) is 0.222. The summed E-state index contributed by atoms with van der Waals surface area (Å²) in [5.41, 5.74) is 6.19. The van der Waals surface area contributed by atoms with Gasteiger partial charge in [-0.1, -0.05) is 12.2 Å². The Hall–Kier alpha value is -1.73. The molecule has 0 bridgehead atoms. The molecule has 0 spiro atoms. The normalized spacial score (nSPS) is 10.2. The average molecular weight is 174 g/mol. The summed E-state index contributed by atoms with van der Waals surface area (Å²) in [5.74, 6) is 0.191. The van der Waals surface area contributed by atoms with E-state index >= 15 is 0 Å². The van der Waals surface area contributed by atoms with E-state index in [1.54, 1.807) is 12.4 Å². The van der Waals surface area contributed by atoms with Crippen molar-refractivity contribution >= 4 is 6.08 Å². The highest BCUT2D eigenvalue weighted by Gasteiger charge is 1.91. The Morgan fingerprint density at radius 1 is 1.46 bits per heavy atom. The second-order valence-corrected chi connectivity index (χ2v) is 2.43. The third-order valence-corrected chi connectivity index (χ3v) is 1.42. The fourth-order valence-electron chi connectivity index (χ4n) is 0.797. The fourth-order valence-corrected chi connectivity index (χ4v) is 0.797. The molecule has 1 rings (SSSR count). The van der Waals surface area contributed by atoms with Gasteiger partial charge in [0.15, 0.2) is 0 Å². The van der Waals surface area contributed by atoms with Gasteiger partial charge in [-0.15, -0.1) is 0 Å². The minimum absolute atomic E-state index is 0.191. The average Bonchev–Trinajstić information content (AvgIpc) is 2.19. The number of nitrogens with two attached hydrogens (primary N) is 1. The van der Waals surface area contributed by atoms with Crippen LogP contribution >= 0.6 is 0 Å². The number of nitrogens with zero attached hydrogens (tertiary/aromatic N) is 3. The molecule has 0 atom stereocenters. The van der Waals surface area contributed by atoms with Crippen LogP contribution in [0, 0.1) is 11.3 Å². The molecule has 13 heavy (non-hydrogen) atoms. The van der Waals surface area contributed by atoms with Crippen molar-refractivity contribution in [3.8, 4) is 6.07 Å². The summed E-state index contributed by atoms with van der Waals surface area (Å²) in [6, 6.07) is 1.86. The van der Waals surface area contributed by atoms with Crippen LogP contribution in [0.25, 0.3) is 6.08 Å². The lowest BCUT2D eigenvalue weighted by Gasteiger charge is -1.91. The van der Waals surface area contributed by atoms with E-state index < -0.39 is 0 Å². The van der Waals surface area contributed by atoms with Crippen LogP contribution in [0.2, 0.25) is 0 Å². The summed E-state index contributed by atoms with van der Waals surface area (Å²) in [5, 5.41) is 8.43. The number of rotatable bonds is 3. The molecule has 0 aliphatic carbocycles. The zero-order chi connectivity index (χ0) is 9.52. The molecule has 4 nitrogen and oxygen atoms in total. The van der Waals surface area contributed by atoms with Crippen LogP contribution in [-0.4, -0.2) is 16.5 Å². The molecule has 4 heteroatoms. The number of nitriles is 1. The van der Waals surface area contributed by atoms with Crippen molar-refractivity contribution in [1.82, 2.24) is 9.97 Å². The first-order valence-corrected chi connectivity index (χ1v) is 3.95. The maximum Gasteiger partial charge on any atom is 0.232 e.